The minimum atomic E-state index is -0.454. The lowest BCUT2D eigenvalue weighted by Gasteiger charge is -2.11. The van der Waals surface area contributed by atoms with Crippen molar-refractivity contribution in [3.63, 3.8) is 0 Å². The van der Waals surface area contributed by atoms with Gasteiger partial charge in [-0.05, 0) is 38.1 Å². The van der Waals surface area contributed by atoms with Crippen LogP contribution in [0.2, 0.25) is 0 Å². The zero-order chi connectivity index (χ0) is 21.1. The second-order valence-electron chi connectivity index (χ2n) is 6.75. The third kappa shape index (κ3) is 3.80. The molecule has 30 heavy (non-hydrogen) atoms. The molecule has 8 nitrogen and oxygen atoms in total. The first-order chi connectivity index (χ1) is 14.6. The van der Waals surface area contributed by atoms with Crippen LogP contribution in [0.3, 0.4) is 0 Å². The number of aromatic nitrogens is 4. The van der Waals surface area contributed by atoms with Gasteiger partial charge < -0.3 is 14.6 Å². The second-order valence-corrected chi connectivity index (χ2v) is 6.75. The van der Waals surface area contributed by atoms with Crippen LogP contribution in [-0.2, 0) is 0 Å². The summed E-state index contributed by atoms with van der Waals surface area (Å²) < 4.78 is 12.3. The summed E-state index contributed by atoms with van der Waals surface area (Å²) in [6, 6.07) is 16.6. The predicted molar refractivity (Wildman–Crippen MR) is 110 cm³/mol. The van der Waals surface area contributed by atoms with Crippen molar-refractivity contribution in [2.75, 3.05) is 7.11 Å². The summed E-state index contributed by atoms with van der Waals surface area (Å²) in [5.41, 5.74) is 2.49. The highest BCUT2D eigenvalue weighted by molar-refractivity contribution is 6.00. The molecule has 8 heteroatoms. The highest BCUT2D eigenvalue weighted by Gasteiger charge is 2.24. The van der Waals surface area contributed by atoms with Crippen molar-refractivity contribution in [3.05, 3.63) is 78.1 Å². The van der Waals surface area contributed by atoms with Gasteiger partial charge in [0.05, 0.1) is 18.4 Å². The molecule has 1 atom stereocenters. The van der Waals surface area contributed by atoms with Crippen molar-refractivity contribution in [3.8, 4) is 22.7 Å². The molecule has 0 aliphatic heterocycles. The van der Waals surface area contributed by atoms with E-state index in [1.165, 1.54) is 0 Å². The average molecular weight is 403 g/mol. The predicted octanol–water partition coefficient (Wildman–Crippen LogP) is 3.73. The van der Waals surface area contributed by atoms with E-state index < -0.39 is 6.04 Å². The summed E-state index contributed by atoms with van der Waals surface area (Å²) >= 11 is 0. The molecule has 2 heterocycles. The zero-order valence-electron chi connectivity index (χ0n) is 16.9. The van der Waals surface area contributed by atoms with Crippen molar-refractivity contribution in [2.24, 2.45) is 0 Å². The minimum absolute atomic E-state index is 0.304. The van der Waals surface area contributed by atoms with Crippen molar-refractivity contribution in [2.45, 2.75) is 19.9 Å². The Morgan fingerprint density at radius 2 is 1.87 bits per heavy atom. The molecule has 152 valence electrons. The number of amides is 1. The van der Waals surface area contributed by atoms with Gasteiger partial charge in [0.2, 0.25) is 5.89 Å². The smallest absolute Gasteiger partial charge is 0.255 e. The average Bonchev–Trinajstić information content (AvgIpc) is 3.41. The van der Waals surface area contributed by atoms with Gasteiger partial charge in [-0.15, -0.1) is 0 Å². The van der Waals surface area contributed by atoms with E-state index in [1.54, 1.807) is 31.8 Å². The topological polar surface area (TPSA) is 95.1 Å². The highest BCUT2D eigenvalue weighted by atomic mass is 16.5. The maximum absolute atomic E-state index is 13.2. The van der Waals surface area contributed by atoms with Crippen LogP contribution < -0.4 is 10.1 Å². The van der Waals surface area contributed by atoms with E-state index in [-0.39, 0.29) is 5.91 Å². The molecule has 0 aliphatic carbocycles. The Labute approximate surface area is 173 Å². The molecule has 2 aromatic heterocycles. The fraction of sp³-hybridized carbons (Fsp3) is 0.182. The van der Waals surface area contributed by atoms with Crippen molar-refractivity contribution < 1.29 is 14.1 Å². The van der Waals surface area contributed by atoms with Gasteiger partial charge in [0.15, 0.2) is 5.82 Å². The number of carbonyl (C=O) groups excluding carboxylic acids is 1. The number of methoxy groups -OCH3 is 1. The molecular formula is C22H21N5O3. The Kier molecular flexibility index (Phi) is 5.30. The molecule has 0 saturated heterocycles. The molecule has 2 aromatic carbocycles. The van der Waals surface area contributed by atoms with Crippen molar-refractivity contribution in [1.29, 1.82) is 0 Å². The summed E-state index contributed by atoms with van der Waals surface area (Å²) in [7, 11) is 1.59. The lowest BCUT2D eigenvalue weighted by Crippen LogP contribution is -2.27. The lowest BCUT2D eigenvalue weighted by molar-refractivity contribution is 0.0933. The fourth-order valence-corrected chi connectivity index (χ4v) is 3.12. The number of hydrogen-bond acceptors (Lipinski definition) is 6. The van der Waals surface area contributed by atoms with Gasteiger partial charge >= 0.3 is 0 Å². The number of hydrogen-bond donors (Lipinski definition) is 1. The van der Waals surface area contributed by atoms with Gasteiger partial charge in [0.25, 0.3) is 5.91 Å². The first kappa shape index (κ1) is 19.4. The van der Waals surface area contributed by atoms with Gasteiger partial charge in [0.1, 0.15) is 17.5 Å². The SMILES string of the molecule is COc1ccccc1-c1nn(-c2ccccc2)cc1C(=O)N[C@@H](C)c1nc(C)no1. The third-order valence-electron chi connectivity index (χ3n) is 4.60. The van der Waals surface area contributed by atoms with Crippen LogP contribution in [0.5, 0.6) is 5.75 Å². The number of rotatable bonds is 6. The number of aryl methyl sites for hydroxylation is 1. The summed E-state index contributed by atoms with van der Waals surface area (Å²) in [6.07, 6.45) is 1.71. The van der Waals surface area contributed by atoms with Gasteiger partial charge in [-0.25, -0.2) is 4.68 Å². The molecule has 0 spiro atoms. The number of carbonyl (C=O) groups is 1. The van der Waals surface area contributed by atoms with E-state index in [0.29, 0.717) is 28.7 Å². The molecule has 1 N–H and O–H groups in total. The van der Waals surface area contributed by atoms with Crippen LogP contribution in [0.25, 0.3) is 16.9 Å². The Morgan fingerprint density at radius 1 is 1.13 bits per heavy atom. The fourth-order valence-electron chi connectivity index (χ4n) is 3.12. The summed E-state index contributed by atoms with van der Waals surface area (Å²) in [5, 5.41) is 11.4. The van der Waals surface area contributed by atoms with Gasteiger partial charge in [-0.1, -0.05) is 35.5 Å². The third-order valence-corrected chi connectivity index (χ3v) is 4.60. The summed E-state index contributed by atoms with van der Waals surface area (Å²) in [6.45, 7) is 3.51. The Hall–Kier alpha value is -3.94. The van der Waals surface area contributed by atoms with Crippen LogP contribution in [0, 0.1) is 6.92 Å². The molecule has 0 radical (unpaired) electrons. The molecule has 0 unspecified atom stereocenters. The van der Waals surface area contributed by atoms with E-state index in [9.17, 15) is 4.79 Å². The van der Waals surface area contributed by atoms with E-state index in [1.807, 2.05) is 54.6 Å². The standard InChI is InChI=1S/C22H21N5O3/c1-14(22-24-15(2)26-30-22)23-21(28)18-13-27(16-9-5-4-6-10-16)25-20(18)17-11-7-8-12-19(17)29-3/h4-14H,1-3H3,(H,23,28)/t14-/m0/s1. The maximum Gasteiger partial charge on any atom is 0.255 e. The van der Waals surface area contributed by atoms with E-state index in [2.05, 4.69) is 20.6 Å². The molecule has 0 saturated carbocycles. The Morgan fingerprint density at radius 3 is 2.57 bits per heavy atom. The molecule has 0 fully saturated rings. The maximum atomic E-state index is 13.2. The minimum Gasteiger partial charge on any atom is -0.496 e. The number of benzene rings is 2. The Bertz CT molecular complexity index is 1170. The molecular weight excluding hydrogens is 382 g/mol. The van der Waals surface area contributed by atoms with E-state index >= 15 is 0 Å². The van der Waals surface area contributed by atoms with Crippen molar-refractivity contribution >= 4 is 5.91 Å². The molecule has 1 amide bonds. The monoisotopic (exact) mass is 403 g/mol. The van der Waals surface area contributed by atoms with E-state index in [4.69, 9.17) is 9.26 Å². The van der Waals surface area contributed by atoms with Crippen molar-refractivity contribution in [1.82, 2.24) is 25.2 Å². The van der Waals surface area contributed by atoms with Crippen LogP contribution in [0.15, 0.2) is 65.3 Å². The lowest BCUT2D eigenvalue weighted by atomic mass is 10.1. The quantitative estimate of drug-likeness (QED) is 0.527. The molecule has 4 aromatic rings. The van der Waals surface area contributed by atoms with Crippen LogP contribution in [0.1, 0.15) is 35.0 Å². The van der Waals surface area contributed by atoms with Gasteiger partial charge in [-0.2, -0.15) is 10.1 Å². The highest BCUT2D eigenvalue weighted by Crippen LogP contribution is 2.32. The number of ether oxygens (including phenoxy) is 1. The Balaban J connectivity index is 1.75. The number of nitrogens with one attached hydrogen (secondary N) is 1. The molecule has 4 rings (SSSR count). The van der Waals surface area contributed by atoms with Crippen LogP contribution >= 0.6 is 0 Å². The normalized spacial score (nSPS) is 11.8. The van der Waals surface area contributed by atoms with Crippen LogP contribution in [-0.4, -0.2) is 32.9 Å². The van der Waals surface area contributed by atoms with E-state index in [0.717, 1.165) is 11.3 Å². The zero-order valence-corrected chi connectivity index (χ0v) is 16.9. The number of nitrogens with zero attached hydrogens (tertiary/aromatic N) is 4. The molecule has 0 bridgehead atoms. The first-order valence-corrected chi connectivity index (χ1v) is 9.46. The molecule has 0 aliphatic rings. The van der Waals surface area contributed by atoms with Gasteiger partial charge in [-0.3, -0.25) is 4.79 Å². The van der Waals surface area contributed by atoms with Crippen LogP contribution in [0.4, 0.5) is 0 Å². The number of para-hydroxylation sites is 2. The summed E-state index contributed by atoms with van der Waals surface area (Å²) in [4.78, 5) is 17.4. The summed E-state index contributed by atoms with van der Waals surface area (Å²) in [5.74, 6) is 1.18. The second kappa shape index (κ2) is 8.20. The van der Waals surface area contributed by atoms with Gasteiger partial charge in [0, 0.05) is 11.8 Å². The first-order valence-electron chi connectivity index (χ1n) is 9.46. The largest absolute Gasteiger partial charge is 0.496 e.